The number of ether oxygens (including phenoxy) is 3. The molecule has 9 heteroatoms. The van der Waals surface area contributed by atoms with E-state index in [-0.39, 0.29) is 12.5 Å². The van der Waals surface area contributed by atoms with Gasteiger partial charge in [-0.1, -0.05) is 85.6 Å². The number of imidazole rings is 1. The van der Waals surface area contributed by atoms with Crippen LogP contribution in [-0.2, 0) is 26.2 Å². The number of alkyl halides is 2. The van der Waals surface area contributed by atoms with Gasteiger partial charge in [-0.15, -0.1) is 0 Å². The monoisotopic (exact) mass is 629 g/mol. The van der Waals surface area contributed by atoms with Gasteiger partial charge in [0.15, 0.2) is 11.5 Å². The highest BCUT2D eigenvalue weighted by Gasteiger charge is 2.23. The Labute approximate surface area is 266 Å². The van der Waals surface area contributed by atoms with E-state index in [9.17, 15) is 8.78 Å². The summed E-state index contributed by atoms with van der Waals surface area (Å²) in [6.45, 7) is 2.04. The average Bonchev–Trinajstić information content (AvgIpc) is 3.65. The van der Waals surface area contributed by atoms with E-state index in [1.54, 1.807) is 12.1 Å². The minimum absolute atomic E-state index is 0.129. The molecule has 0 fully saturated rings. The van der Waals surface area contributed by atoms with E-state index in [0.717, 1.165) is 70.4 Å². The minimum atomic E-state index is -2.87. The fourth-order valence-electron chi connectivity index (χ4n) is 5.59. The fraction of sp³-hybridized carbons (Fsp3) is 0.250. The van der Waals surface area contributed by atoms with Gasteiger partial charge in [-0.25, -0.2) is 4.98 Å². The summed E-state index contributed by atoms with van der Waals surface area (Å²) in [7, 11) is 0. The molecule has 0 N–H and O–H groups in total. The lowest BCUT2D eigenvalue weighted by atomic mass is 10.1. The molecule has 1 aliphatic heterocycles. The molecule has 0 unspecified atom stereocenters. The van der Waals surface area contributed by atoms with Crippen LogP contribution in [0.15, 0.2) is 97.1 Å². The predicted molar refractivity (Wildman–Crippen MR) is 172 cm³/mol. The average molecular weight is 630 g/mol. The highest BCUT2D eigenvalue weighted by molar-refractivity contribution is 6.30. The molecule has 1 aromatic heterocycles. The van der Waals surface area contributed by atoms with Crippen LogP contribution in [-0.4, -0.2) is 27.9 Å². The van der Waals surface area contributed by atoms with E-state index >= 15 is 0 Å². The first-order valence-electron chi connectivity index (χ1n) is 15.0. The second-order valence-corrected chi connectivity index (χ2v) is 11.4. The van der Waals surface area contributed by atoms with Crippen LogP contribution in [0.4, 0.5) is 8.78 Å². The highest BCUT2D eigenvalue weighted by atomic mass is 35.5. The quantitative estimate of drug-likeness (QED) is 0.130. The molecule has 0 amide bonds. The third kappa shape index (κ3) is 7.47. The summed E-state index contributed by atoms with van der Waals surface area (Å²) < 4.78 is 43.7. The Morgan fingerprint density at radius 3 is 2.33 bits per heavy atom. The SMILES string of the molecule is CCCCn1c(-c2ccccc2)nc(-c2cccc(Cl)c2)c1CN(Cc1ccc(OC(F)F)cc1)Cc1ccc2c(c1)OCO2. The first-order chi connectivity index (χ1) is 22.0. The third-order valence-corrected chi connectivity index (χ3v) is 7.94. The molecule has 0 aliphatic carbocycles. The molecule has 0 atom stereocenters. The lowest BCUT2D eigenvalue weighted by Gasteiger charge is -2.25. The van der Waals surface area contributed by atoms with E-state index in [0.29, 0.717) is 24.7 Å². The molecule has 1 aliphatic rings. The van der Waals surface area contributed by atoms with Gasteiger partial charge in [-0.05, 0) is 53.9 Å². The maximum absolute atomic E-state index is 12.8. The number of hydrogen-bond acceptors (Lipinski definition) is 5. The van der Waals surface area contributed by atoms with Gasteiger partial charge in [-0.2, -0.15) is 8.78 Å². The normalized spacial score (nSPS) is 12.3. The van der Waals surface area contributed by atoms with Crippen molar-refractivity contribution in [1.82, 2.24) is 14.5 Å². The number of benzene rings is 4. The van der Waals surface area contributed by atoms with Gasteiger partial charge in [0.1, 0.15) is 11.6 Å². The van der Waals surface area contributed by atoms with Crippen LogP contribution in [0, 0.1) is 0 Å². The van der Waals surface area contributed by atoms with Crippen LogP contribution in [0.3, 0.4) is 0 Å². The summed E-state index contributed by atoms with van der Waals surface area (Å²) in [6.07, 6.45) is 2.03. The molecule has 0 bridgehead atoms. The number of fused-ring (bicyclic) bond motifs is 1. The number of unbranched alkanes of at least 4 members (excludes halogenated alkanes) is 1. The van der Waals surface area contributed by atoms with Crippen LogP contribution < -0.4 is 14.2 Å². The molecular formula is C36H34ClF2N3O3. The standard InChI is InChI=1S/C36H34ClF2N3O3/c1-2-3-18-42-31(34(28-10-7-11-29(37)20-28)40-35(42)27-8-5-4-6-9-27)23-41(21-25-12-15-30(16-13-25)45-36(38)39)22-26-14-17-32-33(19-26)44-24-43-32/h4-17,19-20,36H,2-3,18,21-24H2,1H3. The molecule has 4 aromatic carbocycles. The lowest BCUT2D eigenvalue weighted by Crippen LogP contribution is -2.24. The summed E-state index contributed by atoms with van der Waals surface area (Å²) in [5.74, 6) is 2.49. The van der Waals surface area contributed by atoms with Crippen molar-refractivity contribution in [3.63, 3.8) is 0 Å². The second-order valence-electron chi connectivity index (χ2n) is 11.0. The van der Waals surface area contributed by atoms with Crippen molar-refractivity contribution in [2.75, 3.05) is 6.79 Å². The van der Waals surface area contributed by atoms with Crippen molar-refractivity contribution in [1.29, 1.82) is 0 Å². The number of halogens is 3. The van der Waals surface area contributed by atoms with Crippen LogP contribution >= 0.6 is 11.6 Å². The van der Waals surface area contributed by atoms with E-state index in [2.05, 4.69) is 33.3 Å². The maximum atomic E-state index is 12.8. The van der Waals surface area contributed by atoms with Crippen molar-refractivity contribution in [3.8, 4) is 39.9 Å². The molecule has 6 rings (SSSR count). The third-order valence-electron chi connectivity index (χ3n) is 7.71. The molecule has 2 heterocycles. The van der Waals surface area contributed by atoms with Gasteiger partial charge < -0.3 is 18.8 Å². The number of rotatable bonds is 13. The smallest absolute Gasteiger partial charge is 0.387 e. The molecule has 0 saturated heterocycles. The van der Waals surface area contributed by atoms with Gasteiger partial charge in [-0.3, -0.25) is 4.90 Å². The lowest BCUT2D eigenvalue weighted by molar-refractivity contribution is -0.0498. The topological polar surface area (TPSA) is 48.8 Å². The second kappa shape index (κ2) is 14.1. The Morgan fingerprint density at radius 2 is 1.58 bits per heavy atom. The Kier molecular flexibility index (Phi) is 9.62. The zero-order valence-electron chi connectivity index (χ0n) is 25.0. The number of aromatic nitrogens is 2. The molecule has 232 valence electrons. The molecule has 5 aromatic rings. The van der Waals surface area contributed by atoms with Crippen molar-refractivity contribution in [3.05, 3.63) is 119 Å². The van der Waals surface area contributed by atoms with Gasteiger partial charge in [0.05, 0.1) is 11.4 Å². The Hall–Kier alpha value is -4.40. The zero-order chi connectivity index (χ0) is 31.2. The summed E-state index contributed by atoms with van der Waals surface area (Å²) in [6, 6.07) is 30.8. The Bertz CT molecular complexity index is 1730. The van der Waals surface area contributed by atoms with Gasteiger partial charge >= 0.3 is 6.61 Å². The molecular weight excluding hydrogens is 596 g/mol. The molecule has 0 radical (unpaired) electrons. The summed E-state index contributed by atoms with van der Waals surface area (Å²) in [4.78, 5) is 7.57. The molecule has 0 saturated carbocycles. The van der Waals surface area contributed by atoms with Crippen molar-refractivity contribution in [2.45, 2.75) is 52.6 Å². The first-order valence-corrected chi connectivity index (χ1v) is 15.4. The zero-order valence-corrected chi connectivity index (χ0v) is 25.7. The van der Waals surface area contributed by atoms with Crippen LogP contribution in [0.1, 0.15) is 36.6 Å². The van der Waals surface area contributed by atoms with Gasteiger partial charge in [0, 0.05) is 42.3 Å². The van der Waals surface area contributed by atoms with E-state index in [4.69, 9.17) is 26.1 Å². The Morgan fingerprint density at radius 1 is 0.844 bits per heavy atom. The van der Waals surface area contributed by atoms with Crippen LogP contribution in [0.25, 0.3) is 22.6 Å². The molecule has 6 nitrogen and oxygen atoms in total. The first kappa shape index (κ1) is 30.6. The largest absolute Gasteiger partial charge is 0.454 e. The van der Waals surface area contributed by atoms with E-state index in [1.165, 1.54) is 0 Å². The van der Waals surface area contributed by atoms with Gasteiger partial charge in [0.25, 0.3) is 0 Å². The maximum Gasteiger partial charge on any atom is 0.387 e. The van der Waals surface area contributed by atoms with Crippen LogP contribution in [0.2, 0.25) is 5.02 Å². The Balaban J connectivity index is 1.42. The van der Waals surface area contributed by atoms with Gasteiger partial charge in [0.2, 0.25) is 6.79 Å². The van der Waals surface area contributed by atoms with Crippen LogP contribution in [0.5, 0.6) is 17.2 Å². The van der Waals surface area contributed by atoms with E-state index in [1.807, 2.05) is 72.8 Å². The number of nitrogens with zero attached hydrogens (tertiary/aromatic N) is 3. The number of hydrogen-bond donors (Lipinski definition) is 0. The van der Waals surface area contributed by atoms with E-state index < -0.39 is 6.61 Å². The summed E-state index contributed by atoms with van der Waals surface area (Å²) in [5, 5.41) is 0.645. The van der Waals surface area contributed by atoms with Crippen molar-refractivity contribution in [2.24, 2.45) is 0 Å². The predicted octanol–water partition coefficient (Wildman–Crippen LogP) is 9.20. The molecule has 0 spiro atoms. The minimum Gasteiger partial charge on any atom is -0.454 e. The fourth-order valence-corrected chi connectivity index (χ4v) is 5.78. The summed E-state index contributed by atoms with van der Waals surface area (Å²) >= 11 is 6.48. The molecule has 45 heavy (non-hydrogen) atoms. The summed E-state index contributed by atoms with van der Waals surface area (Å²) in [5.41, 5.74) is 5.96. The van der Waals surface area contributed by atoms with Crippen molar-refractivity contribution >= 4 is 11.6 Å². The van der Waals surface area contributed by atoms with Crippen molar-refractivity contribution < 1.29 is 23.0 Å². The highest BCUT2D eigenvalue weighted by Crippen LogP contribution is 2.35.